The van der Waals surface area contributed by atoms with Gasteiger partial charge in [-0.15, -0.1) is 17.9 Å². The molecule has 0 spiro atoms. The minimum atomic E-state index is -4.49. The lowest BCUT2D eigenvalue weighted by Gasteiger charge is -2.36. The van der Waals surface area contributed by atoms with Gasteiger partial charge in [0, 0.05) is 23.9 Å². The molecule has 0 unspecified atom stereocenters. The van der Waals surface area contributed by atoms with Crippen LogP contribution in [0.3, 0.4) is 0 Å². The molecule has 59 heavy (non-hydrogen) atoms. The number of alkyl carbamates (subject to hydrolysis) is 1. The Morgan fingerprint density at radius 3 is 2.44 bits per heavy atom. The standard InChI is InChI=1S/C41H50N6O10S2/c1-10-24-21-41(24,36(50)46-59(52,53)38-43-29-15-13-26(55-11-2)20-31(29)58-38)45-33(48)30-19-27(56-34-28-14-12-25(54-9)18-23(28)16-17-42-34)22-47(30)35(49)32(39(3,4)5)44-37(51)57-40(6,7)8/h10,12-18,20,24,27,30,32H,1,11,19,21-22H2,2-9H3,(H,44,51)(H,45,48)(H,46,50)/t24-,27-,30+,32-,41-/m1/s1. The van der Waals surface area contributed by atoms with Crippen molar-refractivity contribution in [3.8, 4) is 17.4 Å². The van der Waals surface area contributed by atoms with Gasteiger partial charge in [-0.2, -0.15) is 8.42 Å². The molecule has 18 heteroatoms. The minimum absolute atomic E-state index is 0.0285. The molecule has 1 saturated heterocycles. The summed E-state index contributed by atoms with van der Waals surface area (Å²) in [5.74, 6) is -1.49. The van der Waals surface area contributed by atoms with Gasteiger partial charge in [0.25, 0.3) is 15.9 Å². The topological polar surface area (TPSA) is 204 Å². The summed E-state index contributed by atoms with van der Waals surface area (Å²) in [6.45, 7) is 16.3. The molecular weight excluding hydrogens is 801 g/mol. The van der Waals surface area contributed by atoms with Crippen LogP contribution in [-0.4, -0.2) is 96.7 Å². The zero-order chi connectivity index (χ0) is 43.1. The van der Waals surface area contributed by atoms with Crippen LogP contribution >= 0.6 is 11.3 Å². The average molecular weight is 851 g/mol. The number of pyridine rings is 1. The van der Waals surface area contributed by atoms with E-state index in [9.17, 15) is 27.6 Å². The predicted octanol–water partition coefficient (Wildman–Crippen LogP) is 5.11. The molecule has 1 aliphatic heterocycles. The van der Waals surface area contributed by atoms with Crippen molar-refractivity contribution in [1.82, 2.24) is 30.2 Å². The largest absolute Gasteiger partial charge is 0.497 e. The maximum Gasteiger partial charge on any atom is 0.408 e. The Balaban J connectivity index is 1.28. The van der Waals surface area contributed by atoms with Crippen molar-refractivity contribution in [2.24, 2.45) is 11.3 Å². The second kappa shape index (κ2) is 16.3. The molecule has 3 heterocycles. The van der Waals surface area contributed by atoms with E-state index in [-0.39, 0.29) is 29.6 Å². The lowest BCUT2D eigenvalue weighted by Crippen LogP contribution is -2.60. The maximum atomic E-state index is 14.6. The molecule has 6 rings (SSSR count). The number of sulfonamides is 1. The van der Waals surface area contributed by atoms with E-state index in [1.165, 1.54) is 11.0 Å². The Kier molecular flexibility index (Phi) is 11.9. The summed E-state index contributed by atoms with van der Waals surface area (Å²) in [6.07, 6.45) is 1.48. The average Bonchev–Trinajstić information content (AvgIpc) is 3.45. The highest BCUT2D eigenvalue weighted by atomic mass is 32.2. The van der Waals surface area contributed by atoms with Crippen molar-refractivity contribution in [3.63, 3.8) is 0 Å². The van der Waals surface area contributed by atoms with E-state index < -0.39 is 74.5 Å². The number of methoxy groups -OCH3 is 1. The quantitative estimate of drug-likeness (QED) is 0.150. The molecule has 4 aromatic rings. The van der Waals surface area contributed by atoms with E-state index in [0.29, 0.717) is 33.7 Å². The second-order valence-corrected chi connectivity index (χ2v) is 19.5. The number of nitrogens with one attached hydrogen (secondary N) is 3. The van der Waals surface area contributed by atoms with E-state index in [4.69, 9.17) is 18.9 Å². The number of hydrogen-bond donors (Lipinski definition) is 3. The summed E-state index contributed by atoms with van der Waals surface area (Å²) in [5.41, 5.74) is -3.00. The molecule has 2 aliphatic rings. The highest BCUT2D eigenvalue weighted by Gasteiger charge is 2.61. The number of hydrogen-bond acceptors (Lipinski definition) is 13. The number of thiazole rings is 1. The fraction of sp³-hybridized carbons (Fsp3) is 0.463. The van der Waals surface area contributed by atoms with Crippen LogP contribution in [0.1, 0.15) is 61.3 Å². The smallest absolute Gasteiger partial charge is 0.408 e. The van der Waals surface area contributed by atoms with Crippen molar-refractivity contribution in [2.45, 2.75) is 95.0 Å². The summed E-state index contributed by atoms with van der Waals surface area (Å²) in [4.78, 5) is 66.1. The van der Waals surface area contributed by atoms with Crippen LogP contribution in [0.4, 0.5) is 4.79 Å². The van der Waals surface area contributed by atoms with Crippen molar-refractivity contribution in [1.29, 1.82) is 0 Å². The monoisotopic (exact) mass is 850 g/mol. The van der Waals surface area contributed by atoms with E-state index in [0.717, 1.165) is 16.7 Å². The molecule has 1 aliphatic carbocycles. The fourth-order valence-electron chi connectivity index (χ4n) is 6.97. The normalized spacial score (nSPS) is 21.0. The highest BCUT2D eigenvalue weighted by molar-refractivity contribution is 7.92. The first-order chi connectivity index (χ1) is 27.7. The Morgan fingerprint density at radius 2 is 1.80 bits per heavy atom. The number of benzene rings is 2. The Hall–Kier alpha value is -5.49. The summed E-state index contributed by atoms with van der Waals surface area (Å²) < 4.78 is 52.3. The molecule has 4 amide bonds. The molecule has 16 nitrogen and oxygen atoms in total. The van der Waals surface area contributed by atoms with Gasteiger partial charge in [-0.25, -0.2) is 19.5 Å². The predicted molar refractivity (Wildman–Crippen MR) is 221 cm³/mol. The summed E-state index contributed by atoms with van der Waals surface area (Å²) in [7, 11) is -2.93. The zero-order valence-corrected chi connectivity index (χ0v) is 35.9. The van der Waals surface area contributed by atoms with Crippen LogP contribution in [0.15, 0.2) is 65.7 Å². The van der Waals surface area contributed by atoms with Crippen molar-refractivity contribution in [3.05, 3.63) is 61.3 Å². The second-order valence-electron chi connectivity index (χ2n) is 16.6. The van der Waals surface area contributed by atoms with E-state index in [1.54, 1.807) is 91.2 Å². The molecule has 2 aromatic carbocycles. The maximum absolute atomic E-state index is 14.6. The summed E-state index contributed by atoms with van der Waals surface area (Å²) in [5, 5.41) is 6.94. The number of likely N-dealkylation sites (tertiary alicyclic amines) is 1. The first-order valence-electron chi connectivity index (χ1n) is 19.1. The lowest BCUT2D eigenvalue weighted by molar-refractivity contribution is -0.143. The Morgan fingerprint density at radius 1 is 1.07 bits per heavy atom. The van der Waals surface area contributed by atoms with Crippen molar-refractivity contribution >= 4 is 66.2 Å². The SMILES string of the molecule is C=C[C@@H]1C[C@]1(NC(=O)[C@@H]1C[C@@H](Oc2nccc3cc(OC)ccc23)CN1C(=O)[C@@H](NC(=O)OC(C)(C)C)C(C)(C)C)C(=O)NS(=O)(=O)c1nc2ccc(OCC)cc2s1. The number of carbonyl (C=O) groups excluding carboxylic acids is 4. The van der Waals surface area contributed by atoms with Gasteiger partial charge < -0.3 is 34.5 Å². The summed E-state index contributed by atoms with van der Waals surface area (Å²) >= 11 is 0.867. The number of carbonyl (C=O) groups is 4. The van der Waals surface area contributed by atoms with Gasteiger partial charge in [0.2, 0.25) is 22.0 Å². The number of ether oxygens (including phenoxy) is 4. The molecule has 0 bridgehead atoms. The minimum Gasteiger partial charge on any atom is -0.497 e. The third-order valence-electron chi connectivity index (χ3n) is 9.99. The van der Waals surface area contributed by atoms with Crippen molar-refractivity contribution < 1.29 is 46.5 Å². The lowest BCUT2D eigenvalue weighted by atomic mass is 9.85. The fourth-order valence-corrected chi connectivity index (χ4v) is 9.26. The number of aromatic nitrogens is 2. The Labute approximate surface area is 347 Å². The van der Waals surface area contributed by atoms with Gasteiger partial charge in [-0.1, -0.05) is 26.8 Å². The van der Waals surface area contributed by atoms with Gasteiger partial charge in [0.15, 0.2) is 0 Å². The first kappa shape index (κ1) is 43.1. The van der Waals surface area contributed by atoms with Crippen LogP contribution in [0.2, 0.25) is 0 Å². The third kappa shape index (κ3) is 9.38. The van der Waals surface area contributed by atoms with Crippen LogP contribution in [-0.2, 0) is 29.1 Å². The Bertz CT molecular complexity index is 2410. The number of fused-ring (bicyclic) bond motifs is 2. The number of amides is 4. The van der Waals surface area contributed by atoms with Crippen LogP contribution < -0.4 is 29.6 Å². The van der Waals surface area contributed by atoms with Gasteiger partial charge in [-0.05, 0) is 87.4 Å². The summed E-state index contributed by atoms with van der Waals surface area (Å²) in [6, 6.07) is 9.77. The molecule has 2 aromatic heterocycles. The number of rotatable bonds is 13. The molecular formula is C41H50N6O10S2. The molecule has 0 radical (unpaired) electrons. The molecule has 316 valence electrons. The van der Waals surface area contributed by atoms with E-state index >= 15 is 0 Å². The number of nitrogens with zero attached hydrogens (tertiary/aromatic N) is 3. The third-order valence-corrected chi connectivity index (χ3v) is 12.7. The van der Waals surface area contributed by atoms with Gasteiger partial charge in [0.05, 0.1) is 30.5 Å². The zero-order valence-electron chi connectivity index (χ0n) is 34.3. The first-order valence-corrected chi connectivity index (χ1v) is 21.4. The molecule has 1 saturated carbocycles. The van der Waals surface area contributed by atoms with E-state index in [2.05, 4.69) is 31.9 Å². The van der Waals surface area contributed by atoms with Crippen molar-refractivity contribution in [2.75, 3.05) is 20.3 Å². The van der Waals surface area contributed by atoms with E-state index in [1.807, 2.05) is 13.0 Å². The van der Waals surface area contributed by atoms with Gasteiger partial charge >= 0.3 is 6.09 Å². The van der Waals surface area contributed by atoms with Crippen LogP contribution in [0.25, 0.3) is 21.0 Å². The van der Waals surface area contributed by atoms with Gasteiger partial charge in [-0.3, -0.25) is 14.4 Å². The molecule has 5 atom stereocenters. The van der Waals surface area contributed by atoms with Gasteiger partial charge in [0.1, 0.15) is 40.8 Å². The van der Waals surface area contributed by atoms with Crippen LogP contribution in [0.5, 0.6) is 17.4 Å². The highest BCUT2D eigenvalue weighted by Crippen LogP contribution is 2.45. The molecule has 3 N–H and O–H groups in total. The van der Waals surface area contributed by atoms with Crippen LogP contribution in [0, 0.1) is 11.3 Å². The molecule has 2 fully saturated rings.